The molecule has 4 aromatic heterocycles. The Bertz CT molecular complexity index is 1420. The van der Waals surface area contributed by atoms with Gasteiger partial charge in [0, 0.05) is 35.3 Å². The third-order valence-corrected chi connectivity index (χ3v) is 5.55. The molecule has 0 saturated heterocycles. The van der Waals surface area contributed by atoms with Gasteiger partial charge in [0.1, 0.15) is 28.8 Å². The molecule has 4 heterocycles. The van der Waals surface area contributed by atoms with Gasteiger partial charge in [0.2, 0.25) is 0 Å². The van der Waals surface area contributed by atoms with Gasteiger partial charge in [-0.25, -0.2) is 9.97 Å². The molecule has 2 N–H and O–H groups in total. The monoisotopic (exact) mass is 417 g/mol. The minimum absolute atomic E-state index is 0.659. The van der Waals surface area contributed by atoms with Crippen molar-refractivity contribution >= 4 is 33.6 Å². The summed E-state index contributed by atoms with van der Waals surface area (Å²) in [6.07, 6.45) is 0. The molecule has 0 aliphatic heterocycles. The van der Waals surface area contributed by atoms with Crippen LogP contribution in [0.25, 0.3) is 33.1 Å². The Hall–Kier alpha value is -3.88. The molecular formula is C22H23N7O2. The summed E-state index contributed by atoms with van der Waals surface area (Å²) < 4.78 is 12.9. The minimum atomic E-state index is 0.659. The van der Waals surface area contributed by atoms with Gasteiger partial charge in [0.05, 0.1) is 23.8 Å². The third-order valence-electron chi connectivity index (χ3n) is 5.55. The maximum Gasteiger partial charge on any atom is 0.153 e. The lowest BCUT2D eigenvalue weighted by Crippen LogP contribution is -2.00. The number of hydrogen-bond acceptors (Lipinski definition) is 7. The fourth-order valence-corrected chi connectivity index (χ4v) is 4.00. The average Bonchev–Trinajstić information content (AvgIpc) is 3.35. The number of nitrogens with one attached hydrogen (secondary N) is 2. The first-order chi connectivity index (χ1) is 14.9. The van der Waals surface area contributed by atoms with Crippen LogP contribution in [-0.4, -0.2) is 37.0 Å². The number of methoxy groups -OCH3 is 1. The van der Waals surface area contributed by atoms with E-state index in [0.29, 0.717) is 11.6 Å². The number of anilines is 2. The van der Waals surface area contributed by atoms with Crippen molar-refractivity contribution in [2.45, 2.75) is 27.7 Å². The highest BCUT2D eigenvalue weighted by Crippen LogP contribution is 2.40. The number of aromatic nitrogens is 6. The van der Waals surface area contributed by atoms with E-state index in [0.717, 1.165) is 61.8 Å². The fourth-order valence-electron chi connectivity index (χ4n) is 4.00. The van der Waals surface area contributed by atoms with E-state index in [1.54, 1.807) is 7.11 Å². The van der Waals surface area contributed by atoms with Crippen molar-refractivity contribution in [2.24, 2.45) is 7.05 Å². The topological polar surface area (TPSA) is 107 Å². The van der Waals surface area contributed by atoms with Gasteiger partial charge in [-0.05, 0) is 39.8 Å². The predicted molar refractivity (Wildman–Crippen MR) is 119 cm³/mol. The van der Waals surface area contributed by atoms with Crippen molar-refractivity contribution in [2.75, 3.05) is 12.4 Å². The lowest BCUT2D eigenvalue weighted by molar-refractivity contribution is 0.393. The molecule has 0 fully saturated rings. The zero-order valence-electron chi connectivity index (χ0n) is 18.3. The Kier molecular flexibility index (Phi) is 4.21. The van der Waals surface area contributed by atoms with Crippen LogP contribution in [0, 0.1) is 27.7 Å². The number of H-pyrrole nitrogens is 1. The zero-order valence-corrected chi connectivity index (χ0v) is 18.3. The van der Waals surface area contributed by atoms with Gasteiger partial charge in [-0.1, -0.05) is 5.16 Å². The number of ether oxygens (including phenoxy) is 1. The molecular weight excluding hydrogens is 394 g/mol. The Morgan fingerprint density at radius 1 is 1.10 bits per heavy atom. The molecule has 0 atom stereocenters. The second-order valence-corrected chi connectivity index (χ2v) is 7.68. The molecule has 0 aliphatic carbocycles. The van der Waals surface area contributed by atoms with E-state index in [1.165, 1.54) is 0 Å². The van der Waals surface area contributed by atoms with Crippen LogP contribution in [0.1, 0.15) is 23.0 Å². The Balaban J connectivity index is 1.76. The maximum absolute atomic E-state index is 5.75. The lowest BCUT2D eigenvalue weighted by atomic mass is 10.0. The summed E-state index contributed by atoms with van der Waals surface area (Å²) in [4.78, 5) is 12.7. The molecule has 31 heavy (non-hydrogen) atoms. The summed E-state index contributed by atoms with van der Waals surface area (Å²) in [5, 5.41) is 13.8. The molecule has 1 aromatic carbocycles. The van der Waals surface area contributed by atoms with Crippen molar-refractivity contribution in [1.82, 2.24) is 29.9 Å². The van der Waals surface area contributed by atoms with E-state index in [2.05, 4.69) is 30.5 Å². The standard InChI is InChI=1S/C22H23N7O2/c1-10-7-18(27-29(10)5)26-22-20-14-9-17(30-6)15(19-11(2)28-31-12(19)3)8-16(14)25-21(20)23-13(4)24-22/h7-9H,1-6H3,(H2,23,24,25,26,27). The van der Waals surface area contributed by atoms with Gasteiger partial charge in [-0.15, -0.1) is 0 Å². The average molecular weight is 417 g/mol. The van der Waals surface area contributed by atoms with Crippen molar-refractivity contribution in [1.29, 1.82) is 0 Å². The highest BCUT2D eigenvalue weighted by molar-refractivity contribution is 6.13. The zero-order chi connectivity index (χ0) is 21.9. The molecule has 0 bridgehead atoms. The summed E-state index contributed by atoms with van der Waals surface area (Å²) in [5.41, 5.74) is 5.38. The van der Waals surface area contributed by atoms with E-state index in [-0.39, 0.29) is 0 Å². The van der Waals surface area contributed by atoms with Gasteiger partial charge >= 0.3 is 0 Å². The second kappa shape index (κ2) is 6.83. The van der Waals surface area contributed by atoms with Crippen LogP contribution in [0.3, 0.4) is 0 Å². The van der Waals surface area contributed by atoms with E-state index >= 15 is 0 Å². The molecule has 0 unspecified atom stereocenters. The largest absolute Gasteiger partial charge is 0.496 e. The van der Waals surface area contributed by atoms with Crippen LogP contribution < -0.4 is 10.1 Å². The van der Waals surface area contributed by atoms with Crippen LogP contribution in [0.4, 0.5) is 11.6 Å². The molecule has 9 heteroatoms. The molecule has 5 rings (SSSR count). The number of hydrogen-bond donors (Lipinski definition) is 2. The van der Waals surface area contributed by atoms with Gasteiger partial charge in [-0.3, -0.25) is 4.68 Å². The summed E-state index contributed by atoms with van der Waals surface area (Å²) in [7, 11) is 3.57. The normalized spacial score (nSPS) is 11.5. The molecule has 0 saturated carbocycles. The fraction of sp³-hybridized carbons (Fsp3) is 0.273. The first kappa shape index (κ1) is 19.1. The molecule has 0 radical (unpaired) electrons. The Morgan fingerprint density at radius 3 is 2.55 bits per heavy atom. The van der Waals surface area contributed by atoms with E-state index in [9.17, 15) is 0 Å². The predicted octanol–water partition coefficient (Wildman–Crippen LogP) is 4.49. The SMILES string of the molecule is COc1cc2c(cc1-c1c(C)noc1C)[nH]c1nc(C)nc(Nc3cc(C)n(C)n3)c12. The van der Waals surface area contributed by atoms with Crippen LogP contribution in [0.15, 0.2) is 22.7 Å². The number of nitrogens with zero attached hydrogens (tertiary/aromatic N) is 5. The first-order valence-electron chi connectivity index (χ1n) is 9.94. The molecule has 158 valence electrons. The van der Waals surface area contributed by atoms with Crippen molar-refractivity contribution in [3.63, 3.8) is 0 Å². The van der Waals surface area contributed by atoms with Crippen LogP contribution in [0.5, 0.6) is 5.75 Å². The highest BCUT2D eigenvalue weighted by Gasteiger charge is 2.20. The van der Waals surface area contributed by atoms with Crippen LogP contribution in [-0.2, 0) is 7.05 Å². The van der Waals surface area contributed by atoms with E-state index in [4.69, 9.17) is 9.26 Å². The first-order valence-corrected chi connectivity index (χ1v) is 9.94. The maximum atomic E-state index is 5.75. The number of aryl methyl sites for hydroxylation is 5. The molecule has 0 aliphatic rings. The summed E-state index contributed by atoms with van der Waals surface area (Å²) >= 11 is 0. The molecule has 0 amide bonds. The van der Waals surface area contributed by atoms with Crippen molar-refractivity contribution < 1.29 is 9.26 Å². The Morgan fingerprint density at radius 2 is 1.90 bits per heavy atom. The highest BCUT2D eigenvalue weighted by atomic mass is 16.5. The molecule has 5 aromatic rings. The van der Waals surface area contributed by atoms with E-state index < -0.39 is 0 Å². The Labute approximate surface area is 178 Å². The lowest BCUT2D eigenvalue weighted by Gasteiger charge is -2.09. The van der Waals surface area contributed by atoms with Crippen LogP contribution >= 0.6 is 0 Å². The van der Waals surface area contributed by atoms with Gasteiger partial charge in [0.25, 0.3) is 0 Å². The number of aromatic amines is 1. The van der Waals surface area contributed by atoms with Gasteiger partial charge < -0.3 is 19.6 Å². The quantitative estimate of drug-likeness (QED) is 0.444. The van der Waals surface area contributed by atoms with Crippen LogP contribution in [0.2, 0.25) is 0 Å². The van der Waals surface area contributed by atoms with Crippen molar-refractivity contribution in [3.05, 3.63) is 41.2 Å². The molecule has 0 spiro atoms. The second-order valence-electron chi connectivity index (χ2n) is 7.68. The van der Waals surface area contributed by atoms with Crippen molar-refractivity contribution in [3.8, 4) is 16.9 Å². The van der Waals surface area contributed by atoms with E-state index in [1.807, 2.05) is 57.6 Å². The molecule has 9 nitrogen and oxygen atoms in total. The minimum Gasteiger partial charge on any atom is -0.496 e. The number of benzene rings is 1. The third kappa shape index (κ3) is 3.00. The summed E-state index contributed by atoms with van der Waals surface area (Å²) in [5.74, 6) is 3.55. The number of rotatable bonds is 4. The number of fused-ring (bicyclic) bond motifs is 3. The summed E-state index contributed by atoms with van der Waals surface area (Å²) in [6.45, 7) is 7.70. The smallest absolute Gasteiger partial charge is 0.153 e. The summed E-state index contributed by atoms with van der Waals surface area (Å²) in [6, 6.07) is 6.03. The van der Waals surface area contributed by atoms with Gasteiger partial charge in [-0.2, -0.15) is 5.10 Å². The van der Waals surface area contributed by atoms with Gasteiger partial charge in [0.15, 0.2) is 5.82 Å².